The first kappa shape index (κ1) is 16.0. The van der Waals surface area contributed by atoms with Crippen molar-refractivity contribution < 1.29 is 14.3 Å². The minimum Gasteiger partial charge on any atom is -0.490 e. The number of anilines is 1. The summed E-state index contributed by atoms with van der Waals surface area (Å²) in [6.45, 7) is 1.17. The number of carbonyl (C=O) groups is 1. The van der Waals surface area contributed by atoms with Gasteiger partial charge in [0, 0.05) is 24.8 Å². The Morgan fingerprint density at radius 3 is 2.78 bits per heavy atom. The Labute approximate surface area is 143 Å². The fraction of sp³-hybridized carbons (Fsp3) is 0.250. The number of hydrogen-bond donors (Lipinski definition) is 1. The molecule has 1 N–H and O–H groups in total. The van der Waals surface area contributed by atoms with E-state index in [1.165, 1.54) is 11.8 Å². The van der Waals surface area contributed by atoms with E-state index in [0.717, 1.165) is 11.4 Å². The number of nitrogens with zero attached hydrogens (tertiary/aromatic N) is 1. The maximum atomic E-state index is 12.1. The Hall–Kier alpha value is -1.92. The lowest BCUT2D eigenvalue weighted by atomic mass is 10.2. The van der Waals surface area contributed by atoms with Gasteiger partial charge in [0.25, 0.3) is 0 Å². The molecule has 0 fully saturated rings. The SMILES string of the molecule is O=C(CSc1ccccn1)Nc1cc2c(cc1Cl)OCCCO2. The molecule has 7 heteroatoms. The number of rotatable bonds is 4. The second kappa shape index (κ2) is 7.57. The highest BCUT2D eigenvalue weighted by Gasteiger charge is 2.15. The van der Waals surface area contributed by atoms with Crippen molar-refractivity contribution in [3.8, 4) is 11.5 Å². The molecule has 1 aromatic carbocycles. The number of fused-ring (bicyclic) bond motifs is 1. The number of aromatic nitrogens is 1. The zero-order valence-electron chi connectivity index (χ0n) is 12.3. The Morgan fingerprint density at radius 2 is 2.04 bits per heavy atom. The van der Waals surface area contributed by atoms with E-state index in [4.69, 9.17) is 21.1 Å². The minimum absolute atomic E-state index is 0.156. The molecule has 1 aliphatic rings. The molecule has 1 aromatic heterocycles. The van der Waals surface area contributed by atoms with Gasteiger partial charge in [0.2, 0.25) is 5.91 Å². The maximum Gasteiger partial charge on any atom is 0.234 e. The van der Waals surface area contributed by atoms with Crippen molar-refractivity contribution in [3.63, 3.8) is 0 Å². The van der Waals surface area contributed by atoms with E-state index < -0.39 is 0 Å². The number of benzene rings is 1. The molecule has 3 rings (SSSR count). The summed E-state index contributed by atoms with van der Waals surface area (Å²) in [5.74, 6) is 1.30. The monoisotopic (exact) mass is 350 g/mol. The van der Waals surface area contributed by atoms with Gasteiger partial charge in [-0.15, -0.1) is 0 Å². The van der Waals surface area contributed by atoms with Crippen LogP contribution >= 0.6 is 23.4 Å². The summed E-state index contributed by atoms with van der Waals surface area (Å²) in [6, 6.07) is 8.95. The van der Waals surface area contributed by atoms with Crippen LogP contribution in [0.5, 0.6) is 11.5 Å². The molecule has 0 saturated heterocycles. The molecule has 1 amide bonds. The summed E-state index contributed by atoms with van der Waals surface area (Å²) < 4.78 is 11.2. The topological polar surface area (TPSA) is 60.5 Å². The number of amides is 1. The quantitative estimate of drug-likeness (QED) is 0.853. The first-order valence-electron chi connectivity index (χ1n) is 7.15. The lowest BCUT2D eigenvalue weighted by Crippen LogP contribution is -2.14. The van der Waals surface area contributed by atoms with E-state index >= 15 is 0 Å². The summed E-state index contributed by atoms with van der Waals surface area (Å²) in [5.41, 5.74) is 0.516. The largest absolute Gasteiger partial charge is 0.490 e. The van der Waals surface area contributed by atoms with Gasteiger partial charge in [-0.2, -0.15) is 0 Å². The van der Waals surface area contributed by atoms with Gasteiger partial charge in [0.1, 0.15) is 0 Å². The molecular weight excluding hydrogens is 336 g/mol. The van der Waals surface area contributed by atoms with E-state index in [1.807, 2.05) is 18.2 Å². The summed E-state index contributed by atoms with van der Waals surface area (Å²) >= 11 is 7.57. The molecule has 1 aliphatic heterocycles. The molecular formula is C16H15ClN2O3S. The number of pyridine rings is 1. The zero-order chi connectivity index (χ0) is 16.1. The van der Waals surface area contributed by atoms with Crippen molar-refractivity contribution in [1.29, 1.82) is 0 Å². The van der Waals surface area contributed by atoms with Gasteiger partial charge in [0.15, 0.2) is 11.5 Å². The highest BCUT2D eigenvalue weighted by atomic mass is 35.5. The molecule has 0 aliphatic carbocycles. The third kappa shape index (κ3) is 4.30. The highest BCUT2D eigenvalue weighted by molar-refractivity contribution is 7.99. The zero-order valence-corrected chi connectivity index (χ0v) is 13.8. The van der Waals surface area contributed by atoms with Crippen molar-refractivity contribution in [2.75, 3.05) is 24.3 Å². The molecule has 23 heavy (non-hydrogen) atoms. The molecule has 0 atom stereocenters. The van der Waals surface area contributed by atoms with Crippen molar-refractivity contribution in [3.05, 3.63) is 41.6 Å². The van der Waals surface area contributed by atoms with Crippen LogP contribution in [0, 0.1) is 0 Å². The molecule has 2 heterocycles. The van der Waals surface area contributed by atoms with Crippen LogP contribution in [0.25, 0.3) is 0 Å². The minimum atomic E-state index is -0.156. The van der Waals surface area contributed by atoms with Crippen LogP contribution in [0.2, 0.25) is 5.02 Å². The van der Waals surface area contributed by atoms with Gasteiger partial charge in [0.05, 0.1) is 34.7 Å². The van der Waals surface area contributed by atoms with Gasteiger partial charge in [-0.05, 0) is 12.1 Å². The lowest BCUT2D eigenvalue weighted by molar-refractivity contribution is -0.113. The number of nitrogens with one attached hydrogen (secondary N) is 1. The first-order chi connectivity index (χ1) is 11.2. The summed E-state index contributed by atoms with van der Waals surface area (Å²) in [6.07, 6.45) is 2.51. The number of ether oxygens (including phenoxy) is 2. The lowest BCUT2D eigenvalue weighted by Gasteiger charge is -2.12. The van der Waals surface area contributed by atoms with E-state index in [-0.39, 0.29) is 11.7 Å². The molecule has 2 aromatic rings. The fourth-order valence-corrected chi connectivity index (χ4v) is 2.90. The average Bonchev–Trinajstić information content (AvgIpc) is 2.79. The number of halogens is 1. The van der Waals surface area contributed by atoms with Crippen LogP contribution in [0.3, 0.4) is 0 Å². The maximum absolute atomic E-state index is 12.1. The number of carbonyl (C=O) groups excluding carboxylic acids is 1. The van der Waals surface area contributed by atoms with Crippen LogP contribution in [-0.4, -0.2) is 29.9 Å². The molecule has 0 radical (unpaired) electrons. The summed E-state index contributed by atoms with van der Waals surface area (Å²) in [5, 5.41) is 4.02. The smallest absolute Gasteiger partial charge is 0.234 e. The van der Waals surface area contributed by atoms with E-state index in [9.17, 15) is 4.79 Å². The van der Waals surface area contributed by atoms with Gasteiger partial charge < -0.3 is 14.8 Å². The van der Waals surface area contributed by atoms with E-state index in [0.29, 0.717) is 35.4 Å². The summed E-state index contributed by atoms with van der Waals surface area (Å²) in [4.78, 5) is 16.2. The second-order valence-electron chi connectivity index (χ2n) is 4.83. The normalized spacial score (nSPS) is 13.3. The fourth-order valence-electron chi connectivity index (χ4n) is 2.04. The Balaban J connectivity index is 1.65. The Kier molecular flexibility index (Phi) is 5.25. The van der Waals surface area contributed by atoms with Crippen molar-refractivity contribution >= 4 is 35.0 Å². The molecule has 0 spiro atoms. The van der Waals surface area contributed by atoms with E-state index in [1.54, 1.807) is 18.3 Å². The van der Waals surface area contributed by atoms with Gasteiger partial charge >= 0.3 is 0 Å². The predicted octanol–water partition coefficient (Wildman–Crippen LogP) is 3.63. The van der Waals surface area contributed by atoms with Gasteiger partial charge in [-0.3, -0.25) is 4.79 Å². The Morgan fingerprint density at radius 1 is 1.26 bits per heavy atom. The van der Waals surface area contributed by atoms with Crippen molar-refractivity contribution in [1.82, 2.24) is 4.98 Å². The second-order valence-corrected chi connectivity index (χ2v) is 6.24. The summed E-state index contributed by atoms with van der Waals surface area (Å²) in [7, 11) is 0. The van der Waals surface area contributed by atoms with Crippen molar-refractivity contribution in [2.24, 2.45) is 0 Å². The van der Waals surface area contributed by atoms with Crippen LogP contribution in [0.15, 0.2) is 41.6 Å². The standard InChI is InChI=1S/C16H15ClN2O3S/c17-11-8-13-14(22-7-3-6-21-13)9-12(11)19-15(20)10-23-16-4-1-2-5-18-16/h1-2,4-5,8-9H,3,6-7,10H2,(H,19,20). The van der Waals surface area contributed by atoms with Crippen LogP contribution in [-0.2, 0) is 4.79 Å². The highest BCUT2D eigenvalue weighted by Crippen LogP contribution is 2.37. The third-order valence-electron chi connectivity index (χ3n) is 3.10. The molecule has 0 bridgehead atoms. The predicted molar refractivity (Wildman–Crippen MR) is 90.6 cm³/mol. The number of hydrogen-bond acceptors (Lipinski definition) is 5. The molecule has 5 nitrogen and oxygen atoms in total. The van der Waals surface area contributed by atoms with Gasteiger partial charge in [-0.25, -0.2) is 4.98 Å². The molecule has 0 saturated carbocycles. The van der Waals surface area contributed by atoms with Gasteiger partial charge in [-0.1, -0.05) is 29.4 Å². The molecule has 0 unspecified atom stereocenters. The van der Waals surface area contributed by atoms with Crippen LogP contribution in [0.1, 0.15) is 6.42 Å². The number of thioether (sulfide) groups is 1. The molecule has 120 valence electrons. The van der Waals surface area contributed by atoms with E-state index in [2.05, 4.69) is 10.3 Å². The first-order valence-corrected chi connectivity index (χ1v) is 8.51. The van der Waals surface area contributed by atoms with Crippen LogP contribution < -0.4 is 14.8 Å². The average molecular weight is 351 g/mol. The van der Waals surface area contributed by atoms with Crippen molar-refractivity contribution in [2.45, 2.75) is 11.4 Å². The third-order valence-corrected chi connectivity index (χ3v) is 4.36. The van der Waals surface area contributed by atoms with Crippen LogP contribution in [0.4, 0.5) is 5.69 Å². The Bertz CT molecular complexity index is 697.